The van der Waals surface area contributed by atoms with Gasteiger partial charge in [-0.3, -0.25) is 0 Å². The molecule has 0 bridgehead atoms. The molecule has 2 rings (SSSR count). The van der Waals surface area contributed by atoms with Gasteiger partial charge in [0.15, 0.2) is 5.82 Å². The summed E-state index contributed by atoms with van der Waals surface area (Å²) in [6.45, 7) is 0. The summed E-state index contributed by atoms with van der Waals surface area (Å²) in [5, 5.41) is 13.7. The predicted octanol–water partition coefficient (Wildman–Crippen LogP) is 0.718. The number of primary amides is 1. The monoisotopic (exact) mass is 250 g/mol. The number of amides is 2. The Kier molecular flexibility index (Phi) is 3.24. The zero-order valence-electron chi connectivity index (χ0n) is 8.74. The number of anilines is 1. The van der Waals surface area contributed by atoms with Crippen LogP contribution in [0.25, 0.3) is 11.4 Å². The number of carbonyl (C=O) groups excluding carboxylic acids is 1. The van der Waals surface area contributed by atoms with Gasteiger partial charge in [0.2, 0.25) is 0 Å². The highest BCUT2D eigenvalue weighted by atomic mass is 32.1. The van der Waals surface area contributed by atoms with E-state index in [1.165, 1.54) is 4.68 Å². The van der Waals surface area contributed by atoms with Crippen LogP contribution in [0.4, 0.5) is 10.5 Å². The van der Waals surface area contributed by atoms with E-state index in [9.17, 15) is 4.79 Å². The van der Waals surface area contributed by atoms with Crippen LogP contribution in [0.15, 0.2) is 24.3 Å². The number of rotatable bonds is 3. The number of tetrazole rings is 1. The van der Waals surface area contributed by atoms with Crippen LogP contribution in [0.3, 0.4) is 0 Å². The molecule has 8 heteroatoms. The molecule has 0 spiro atoms. The van der Waals surface area contributed by atoms with E-state index in [-0.39, 0.29) is 0 Å². The summed E-state index contributed by atoms with van der Waals surface area (Å²) in [7, 11) is 0. The van der Waals surface area contributed by atoms with Crippen LogP contribution >= 0.6 is 12.6 Å². The molecule has 3 N–H and O–H groups in total. The molecule has 7 nitrogen and oxygen atoms in total. The van der Waals surface area contributed by atoms with E-state index >= 15 is 0 Å². The van der Waals surface area contributed by atoms with E-state index < -0.39 is 6.03 Å². The molecule has 0 aliphatic carbocycles. The fourth-order valence-electron chi connectivity index (χ4n) is 1.38. The second kappa shape index (κ2) is 4.83. The van der Waals surface area contributed by atoms with E-state index in [0.29, 0.717) is 17.4 Å². The average molecular weight is 250 g/mol. The number of benzene rings is 1. The molecule has 88 valence electrons. The Balaban J connectivity index is 2.36. The second-order valence-corrected chi connectivity index (χ2v) is 3.50. The Morgan fingerprint density at radius 2 is 2.35 bits per heavy atom. The van der Waals surface area contributed by atoms with Gasteiger partial charge in [0, 0.05) is 11.3 Å². The molecule has 0 saturated carbocycles. The fourth-order valence-corrected chi connectivity index (χ4v) is 1.58. The third kappa shape index (κ3) is 2.53. The molecule has 0 aliphatic rings. The third-order valence-corrected chi connectivity index (χ3v) is 2.32. The number of nitrogens with two attached hydrogens (primary N) is 1. The number of nitrogens with one attached hydrogen (secondary N) is 1. The van der Waals surface area contributed by atoms with Gasteiger partial charge in [0.1, 0.15) is 0 Å². The van der Waals surface area contributed by atoms with E-state index in [1.807, 2.05) is 6.07 Å². The fraction of sp³-hybridized carbons (Fsp3) is 0.111. The SMILES string of the molecule is NC(=O)Nc1cccc(-c2nnnn2CS)c1. The highest BCUT2D eigenvalue weighted by molar-refractivity contribution is 7.79. The minimum Gasteiger partial charge on any atom is -0.351 e. The van der Waals surface area contributed by atoms with E-state index in [2.05, 4.69) is 33.5 Å². The van der Waals surface area contributed by atoms with Crippen LogP contribution in [-0.2, 0) is 5.88 Å². The van der Waals surface area contributed by atoms with E-state index in [0.717, 1.165) is 5.56 Å². The van der Waals surface area contributed by atoms with Gasteiger partial charge in [-0.05, 0) is 22.6 Å². The lowest BCUT2D eigenvalue weighted by Crippen LogP contribution is -2.19. The van der Waals surface area contributed by atoms with E-state index in [1.54, 1.807) is 18.2 Å². The molecule has 0 saturated heterocycles. The lowest BCUT2D eigenvalue weighted by atomic mass is 10.2. The predicted molar refractivity (Wildman–Crippen MR) is 65.4 cm³/mol. The van der Waals surface area contributed by atoms with Gasteiger partial charge in [-0.15, -0.1) is 5.10 Å². The summed E-state index contributed by atoms with van der Waals surface area (Å²) in [6.07, 6.45) is 0. The van der Waals surface area contributed by atoms with Crippen LogP contribution in [0.1, 0.15) is 0 Å². The number of hydrogen-bond donors (Lipinski definition) is 3. The Morgan fingerprint density at radius 1 is 1.53 bits per heavy atom. The number of aromatic nitrogens is 4. The first kappa shape index (κ1) is 11.4. The Hall–Kier alpha value is -2.09. The minimum atomic E-state index is -0.615. The summed E-state index contributed by atoms with van der Waals surface area (Å²) in [5.41, 5.74) is 6.40. The summed E-state index contributed by atoms with van der Waals surface area (Å²) in [5.74, 6) is 0.948. The molecular formula is C9H10N6OS. The lowest BCUT2D eigenvalue weighted by molar-refractivity contribution is 0.259. The molecule has 1 aromatic carbocycles. The van der Waals surface area contributed by atoms with Crippen molar-refractivity contribution in [2.45, 2.75) is 5.88 Å². The lowest BCUT2D eigenvalue weighted by Gasteiger charge is -2.04. The van der Waals surface area contributed by atoms with Crippen molar-refractivity contribution in [2.75, 3.05) is 5.32 Å². The van der Waals surface area contributed by atoms with Crippen LogP contribution in [0, 0.1) is 0 Å². The standard InChI is InChI=1S/C9H10N6OS/c10-9(16)11-7-3-1-2-6(4-7)8-12-13-14-15(8)5-17/h1-4,17H,5H2,(H3,10,11,16). The van der Waals surface area contributed by atoms with Gasteiger partial charge in [-0.2, -0.15) is 12.6 Å². The summed E-state index contributed by atoms with van der Waals surface area (Å²) >= 11 is 4.11. The van der Waals surface area contributed by atoms with Gasteiger partial charge in [-0.25, -0.2) is 9.48 Å². The molecule has 0 fully saturated rings. The van der Waals surface area contributed by atoms with Crippen LogP contribution < -0.4 is 11.1 Å². The van der Waals surface area contributed by atoms with Crippen molar-refractivity contribution in [3.05, 3.63) is 24.3 Å². The molecule has 0 aliphatic heterocycles. The van der Waals surface area contributed by atoms with Gasteiger partial charge >= 0.3 is 6.03 Å². The van der Waals surface area contributed by atoms with Crippen molar-refractivity contribution in [2.24, 2.45) is 5.73 Å². The molecule has 1 aromatic heterocycles. The van der Waals surface area contributed by atoms with Crippen LogP contribution in [0.5, 0.6) is 0 Å². The largest absolute Gasteiger partial charge is 0.351 e. The van der Waals surface area contributed by atoms with Crippen molar-refractivity contribution >= 4 is 24.3 Å². The normalized spacial score (nSPS) is 10.2. The van der Waals surface area contributed by atoms with Gasteiger partial charge in [-0.1, -0.05) is 12.1 Å². The number of thiol groups is 1. The van der Waals surface area contributed by atoms with Crippen molar-refractivity contribution in [3.63, 3.8) is 0 Å². The highest BCUT2D eigenvalue weighted by Crippen LogP contribution is 2.20. The maximum atomic E-state index is 10.7. The van der Waals surface area contributed by atoms with E-state index in [4.69, 9.17) is 5.73 Å². The first-order valence-corrected chi connectivity index (χ1v) is 5.38. The molecular weight excluding hydrogens is 240 g/mol. The molecule has 2 aromatic rings. The number of hydrogen-bond acceptors (Lipinski definition) is 5. The zero-order chi connectivity index (χ0) is 12.3. The van der Waals surface area contributed by atoms with Crippen molar-refractivity contribution in [1.82, 2.24) is 20.2 Å². The van der Waals surface area contributed by atoms with Gasteiger partial charge < -0.3 is 11.1 Å². The zero-order valence-corrected chi connectivity index (χ0v) is 9.63. The maximum Gasteiger partial charge on any atom is 0.316 e. The number of carbonyl (C=O) groups is 1. The van der Waals surface area contributed by atoms with Crippen molar-refractivity contribution in [3.8, 4) is 11.4 Å². The quantitative estimate of drug-likeness (QED) is 0.699. The second-order valence-electron chi connectivity index (χ2n) is 3.21. The average Bonchev–Trinajstić information content (AvgIpc) is 2.76. The minimum absolute atomic E-state index is 0.371. The topological polar surface area (TPSA) is 98.7 Å². The third-order valence-electron chi connectivity index (χ3n) is 2.05. The first-order valence-electron chi connectivity index (χ1n) is 4.74. The summed E-state index contributed by atoms with van der Waals surface area (Å²) in [6, 6.07) is 6.45. The number of nitrogens with zero attached hydrogens (tertiary/aromatic N) is 4. The van der Waals surface area contributed by atoms with Crippen molar-refractivity contribution < 1.29 is 4.79 Å². The number of urea groups is 1. The summed E-state index contributed by atoms with van der Waals surface area (Å²) < 4.78 is 1.53. The maximum absolute atomic E-state index is 10.7. The Labute approximate surface area is 102 Å². The molecule has 17 heavy (non-hydrogen) atoms. The summed E-state index contributed by atoms with van der Waals surface area (Å²) in [4.78, 5) is 10.7. The highest BCUT2D eigenvalue weighted by Gasteiger charge is 2.08. The first-order chi connectivity index (χ1) is 8.20. The van der Waals surface area contributed by atoms with Crippen LogP contribution in [-0.4, -0.2) is 26.2 Å². The van der Waals surface area contributed by atoms with Gasteiger partial charge in [0.05, 0.1) is 5.88 Å². The Morgan fingerprint density at radius 3 is 3.06 bits per heavy atom. The molecule has 0 atom stereocenters. The molecule has 2 amide bonds. The molecule has 0 radical (unpaired) electrons. The Bertz CT molecular complexity index is 540. The molecule has 0 unspecified atom stereocenters. The van der Waals surface area contributed by atoms with Gasteiger partial charge in [0.25, 0.3) is 0 Å². The molecule has 1 heterocycles. The smallest absolute Gasteiger partial charge is 0.316 e. The van der Waals surface area contributed by atoms with Crippen molar-refractivity contribution in [1.29, 1.82) is 0 Å². The van der Waals surface area contributed by atoms with Crippen LogP contribution in [0.2, 0.25) is 0 Å².